The maximum atomic E-state index is 12.6. The molecule has 112 valence electrons. The van der Waals surface area contributed by atoms with Crippen LogP contribution in [0.2, 0.25) is 0 Å². The average Bonchev–Trinajstić information content (AvgIpc) is 2.58. The van der Waals surface area contributed by atoms with Gasteiger partial charge >= 0.3 is 0 Å². The fourth-order valence-electron chi connectivity index (χ4n) is 2.40. The summed E-state index contributed by atoms with van der Waals surface area (Å²) in [6, 6.07) is 17.6. The van der Waals surface area contributed by atoms with E-state index in [2.05, 4.69) is 37.0 Å². The van der Waals surface area contributed by atoms with Gasteiger partial charge in [0.05, 0.1) is 17.6 Å². The molecule has 0 saturated heterocycles. The van der Waals surface area contributed by atoms with Gasteiger partial charge < -0.3 is 0 Å². The van der Waals surface area contributed by atoms with Crippen LogP contribution in [0.15, 0.2) is 59.4 Å². The third-order valence-corrected chi connectivity index (χ3v) is 5.72. The monoisotopic (exact) mass is 420 g/mol. The number of alkyl halides is 2. The van der Waals surface area contributed by atoms with Gasteiger partial charge in [-0.25, -0.2) is 4.68 Å². The summed E-state index contributed by atoms with van der Waals surface area (Å²) in [4.78, 5) is 12.8. The van der Waals surface area contributed by atoms with Gasteiger partial charge in [-0.15, -0.1) is 0 Å². The minimum atomic E-state index is -0.0549. The summed E-state index contributed by atoms with van der Waals surface area (Å²) in [5.41, 5.74) is 1.79. The first kappa shape index (κ1) is 15.4. The molecule has 1 aromatic heterocycles. The number of nitrogens with zero attached hydrogens (tertiary/aromatic N) is 2. The largest absolute Gasteiger partial charge is 0.274 e. The van der Waals surface area contributed by atoms with Crippen LogP contribution in [-0.4, -0.2) is 19.9 Å². The molecule has 0 aliphatic rings. The van der Waals surface area contributed by atoms with Crippen molar-refractivity contribution in [1.29, 1.82) is 0 Å². The highest BCUT2D eigenvalue weighted by Gasteiger charge is 2.13. The van der Waals surface area contributed by atoms with Gasteiger partial charge in [-0.1, -0.05) is 80.4 Å². The van der Waals surface area contributed by atoms with Crippen LogP contribution in [0.1, 0.15) is 0 Å². The summed E-state index contributed by atoms with van der Waals surface area (Å²) in [7, 11) is 0. The fourth-order valence-corrected chi connectivity index (χ4v) is 2.88. The molecular weight excluding hydrogens is 408 g/mol. The maximum absolute atomic E-state index is 12.6. The molecular formula is C17H14Br2N2O. The van der Waals surface area contributed by atoms with Crippen molar-refractivity contribution < 1.29 is 0 Å². The minimum Gasteiger partial charge on any atom is -0.267 e. The first-order chi connectivity index (χ1) is 10.7. The highest BCUT2D eigenvalue weighted by molar-refractivity contribution is 9.12. The van der Waals surface area contributed by atoms with Gasteiger partial charge in [0.15, 0.2) is 0 Å². The number of benzene rings is 2. The first-order valence-electron chi connectivity index (χ1n) is 6.96. The third kappa shape index (κ3) is 3.01. The van der Waals surface area contributed by atoms with Crippen molar-refractivity contribution in [2.75, 3.05) is 5.33 Å². The molecule has 3 rings (SSSR count). The molecule has 0 bridgehead atoms. The molecule has 0 amide bonds. The smallest absolute Gasteiger partial charge is 0.267 e. The highest BCUT2D eigenvalue weighted by atomic mass is 79.9. The molecule has 3 aromatic rings. The molecule has 1 heterocycles. The number of aromatic nitrogens is 2. The molecule has 0 radical (unpaired) electrons. The van der Waals surface area contributed by atoms with Crippen molar-refractivity contribution in [3.8, 4) is 11.3 Å². The normalized spacial score (nSPS) is 12.5. The summed E-state index contributed by atoms with van der Waals surface area (Å²) in [5, 5.41) is 6.96. The van der Waals surface area contributed by atoms with Crippen LogP contribution in [-0.2, 0) is 6.54 Å². The molecule has 0 saturated carbocycles. The number of hydrogen-bond acceptors (Lipinski definition) is 2. The zero-order valence-electron chi connectivity index (χ0n) is 11.7. The lowest BCUT2D eigenvalue weighted by Gasteiger charge is -2.13. The van der Waals surface area contributed by atoms with Gasteiger partial charge in [0.2, 0.25) is 0 Å². The Balaban J connectivity index is 2.27. The summed E-state index contributed by atoms with van der Waals surface area (Å²) < 4.78 is 1.55. The molecule has 22 heavy (non-hydrogen) atoms. The molecule has 0 aliphatic heterocycles. The van der Waals surface area contributed by atoms with Crippen LogP contribution in [0.25, 0.3) is 22.0 Å². The predicted molar refractivity (Wildman–Crippen MR) is 97.9 cm³/mol. The third-order valence-electron chi connectivity index (χ3n) is 3.45. The van der Waals surface area contributed by atoms with Crippen LogP contribution in [0.3, 0.4) is 0 Å². The van der Waals surface area contributed by atoms with Crippen LogP contribution < -0.4 is 5.56 Å². The standard InChI is InChI=1S/C17H14Br2N2O/c18-10-13(19)11-21-17(22)15-9-5-4-8-14(15)16(20-21)12-6-2-1-3-7-12/h1-9,13H,10-11H2. The van der Waals surface area contributed by atoms with Crippen molar-refractivity contribution in [2.24, 2.45) is 0 Å². The van der Waals surface area contributed by atoms with E-state index in [0.29, 0.717) is 11.9 Å². The van der Waals surface area contributed by atoms with E-state index in [9.17, 15) is 4.79 Å². The quantitative estimate of drug-likeness (QED) is 0.591. The number of hydrogen-bond donors (Lipinski definition) is 0. The Hall–Kier alpha value is -1.46. The van der Waals surface area contributed by atoms with Gasteiger partial charge in [-0.2, -0.15) is 5.10 Å². The highest BCUT2D eigenvalue weighted by Crippen LogP contribution is 2.24. The van der Waals surface area contributed by atoms with E-state index < -0.39 is 0 Å². The van der Waals surface area contributed by atoms with E-state index in [4.69, 9.17) is 0 Å². The predicted octanol–water partition coefficient (Wildman–Crippen LogP) is 4.22. The van der Waals surface area contributed by atoms with Crippen molar-refractivity contribution in [3.63, 3.8) is 0 Å². The number of rotatable bonds is 4. The number of fused-ring (bicyclic) bond motifs is 1. The maximum Gasteiger partial charge on any atom is 0.274 e. The molecule has 3 nitrogen and oxygen atoms in total. The second-order valence-electron chi connectivity index (χ2n) is 5.00. The van der Waals surface area contributed by atoms with E-state index in [1.54, 1.807) is 4.68 Å². The summed E-state index contributed by atoms with van der Waals surface area (Å²) in [6.45, 7) is 0.523. The second-order valence-corrected chi connectivity index (χ2v) is 6.94. The molecule has 0 aliphatic carbocycles. The van der Waals surface area contributed by atoms with Crippen molar-refractivity contribution in [3.05, 3.63) is 65.0 Å². The Morgan fingerprint density at radius 2 is 1.64 bits per heavy atom. The molecule has 0 N–H and O–H groups in total. The summed E-state index contributed by atoms with van der Waals surface area (Å²) in [6.07, 6.45) is 0. The molecule has 0 fully saturated rings. The first-order valence-corrected chi connectivity index (χ1v) is 8.99. The molecule has 5 heteroatoms. The van der Waals surface area contributed by atoms with E-state index in [1.807, 2.05) is 54.6 Å². The Bertz CT molecular complexity index is 846. The van der Waals surface area contributed by atoms with Crippen LogP contribution >= 0.6 is 31.9 Å². The molecule has 1 atom stereocenters. The topological polar surface area (TPSA) is 34.9 Å². The minimum absolute atomic E-state index is 0.0549. The molecule has 0 spiro atoms. The van der Waals surface area contributed by atoms with Crippen LogP contribution in [0.5, 0.6) is 0 Å². The lowest BCUT2D eigenvalue weighted by molar-refractivity contribution is 0.593. The zero-order valence-corrected chi connectivity index (χ0v) is 14.9. The van der Waals surface area contributed by atoms with Gasteiger partial charge in [-0.3, -0.25) is 4.79 Å². The Morgan fingerprint density at radius 3 is 2.32 bits per heavy atom. The van der Waals surface area contributed by atoms with Crippen molar-refractivity contribution in [2.45, 2.75) is 11.4 Å². The summed E-state index contributed by atoms with van der Waals surface area (Å²) in [5.74, 6) is 0. The van der Waals surface area contributed by atoms with E-state index in [1.165, 1.54) is 0 Å². The van der Waals surface area contributed by atoms with Crippen molar-refractivity contribution in [1.82, 2.24) is 9.78 Å². The molecule has 1 unspecified atom stereocenters. The lowest BCUT2D eigenvalue weighted by atomic mass is 10.1. The fraction of sp³-hybridized carbons (Fsp3) is 0.176. The Morgan fingerprint density at radius 1 is 1.00 bits per heavy atom. The van der Waals surface area contributed by atoms with Gasteiger partial charge in [-0.05, 0) is 6.07 Å². The van der Waals surface area contributed by atoms with Gasteiger partial charge in [0.1, 0.15) is 0 Å². The molecule has 2 aromatic carbocycles. The van der Waals surface area contributed by atoms with E-state index in [-0.39, 0.29) is 10.4 Å². The van der Waals surface area contributed by atoms with Gasteiger partial charge in [0, 0.05) is 21.1 Å². The average molecular weight is 422 g/mol. The van der Waals surface area contributed by atoms with Crippen LogP contribution in [0, 0.1) is 0 Å². The SMILES string of the molecule is O=c1c2ccccc2c(-c2ccccc2)nn1CC(Br)CBr. The van der Waals surface area contributed by atoms with Crippen LogP contribution in [0.4, 0.5) is 0 Å². The summed E-state index contributed by atoms with van der Waals surface area (Å²) >= 11 is 6.97. The van der Waals surface area contributed by atoms with Gasteiger partial charge in [0.25, 0.3) is 5.56 Å². The second kappa shape index (κ2) is 6.75. The van der Waals surface area contributed by atoms with Crippen molar-refractivity contribution >= 4 is 42.6 Å². The van der Waals surface area contributed by atoms with E-state index >= 15 is 0 Å². The number of halogens is 2. The van der Waals surface area contributed by atoms with E-state index in [0.717, 1.165) is 22.0 Å². The zero-order chi connectivity index (χ0) is 15.5. The Kier molecular flexibility index (Phi) is 4.74. The Labute approximate surface area is 145 Å². The lowest BCUT2D eigenvalue weighted by Crippen LogP contribution is -2.28.